The van der Waals surface area contributed by atoms with Crippen molar-refractivity contribution >= 4 is 21.8 Å². The second kappa shape index (κ2) is 9.15. The van der Waals surface area contributed by atoms with Crippen LogP contribution in [0.4, 0.5) is 0 Å². The number of benzene rings is 1. The Labute approximate surface area is 118 Å². The number of hydrogen-bond donors (Lipinski definition) is 1. The van der Waals surface area contributed by atoms with Gasteiger partial charge in [0.05, 0.1) is 5.92 Å². The van der Waals surface area contributed by atoms with Crippen molar-refractivity contribution in [2.45, 2.75) is 38.5 Å². The lowest BCUT2D eigenvalue weighted by Gasteiger charge is -2.15. The van der Waals surface area contributed by atoms with Gasteiger partial charge in [0.1, 0.15) is 0 Å². The highest BCUT2D eigenvalue weighted by Crippen LogP contribution is 2.19. The summed E-state index contributed by atoms with van der Waals surface area (Å²) in [5, 5.41) is 4.08. The molecule has 100 valence electrons. The first-order valence-electron chi connectivity index (χ1n) is 6.68. The van der Waals surface area contributed by atoms with Crippen molar-refractivity contribution < 1.29 is 4.79 Å². The number of amides is 1. The van der Waals surface area contributed by atoms with E-state index in [1.165, 1.54) is 6.42 Å². The third-order valence-corrected chi connectivity index (χ3v) is 3.60. The van der Waals surface area contributed by atoms with Gasteiger partial charge in [-0.2, -0.15) is 0 Å². The van der Waals surface area contributed by atoms with E-state index in [1.807, 2.05) is 30.3 Å². The predicted molar refractivity (Wildman–Crippen MR) is 80.1 cm³/mol. The molecule has 0 heterocycles. The second-order valence-electron chi connectivity index (χ2n) is 4.41. The van der Waals surface area contributed by atoms with Crippen LogP contribution in [0.25, 0.3) is 0 Å². The molecule has 0 aromatic heterocycles. The Hall–Kier alpha value is -0.830. The van der Waals surface area contributed by atoms with Crippen molar-refractivity contribution in [1.82, 2.24) is 5.32 Å². The van der Waals surface area contributed by atoms with E-state index in [1.54, 1.807) is 0 Å². The van der Waals surface area contributed by atoms with Crippen LogP contribution >= 0.6 is 15.9 Å². The average molecular weight is 312 g/mol. The van der Waals surface area contributed by atoms with Gasteiger partial charge in [-0.15, -0.1) is 0 Å². The third-order valence-electron chi connectivity index (χ3n) is 3.04. The van der Waals surface area contributed by atoms with E-state index in [9.17, 15) is 4.79 Å². The van der Waals surface area contributed by atoms with E-state index in [0.717, 1.165) is 36.7 Å². The molecule has 0 aliphatic carbocycles. The smallest absolute Gasteiger partial charge is 0.227 e. The van der Waals surface area contributed by atoms with Crippen LogP contribution in [0.3, 0.4) is 0 Å². The van der Waals surface area contributed by atoms with Gasteiger partial charge in [-0.25, -0.2) is 0 Å². The Morgan fingerprint density at radius 3 is 2.56 bits per heavy atom. The van der Waals surface area contributed by atoms with Crippen molar-refractivity contribution in [3.05, 3.63) is 35.9 Å². The van der Waals surface area contributed by atoms with Crippen LogP contribution in [0.1, 0.15) is 44.1 Å². The van der Waals surface area contributed by atoms with E-state index < -0.39 is 0 Å². The van der Waals surface area contributed by atoms with Crippen LogP contribution < -0.4 is 5.32 Å². The summed E-state index contributed by atoms with van der Waals surface area (Å²) in [6, 6.07) is 10.0. The molecule has 1 rings (SSSR count). The Morgan fingerprint density at radius 1 is 1.22 bits per heavy atom. The van der Waals surface area contributed by atoms with Crippen LogP contribution in [-0.4, -0.2) is 17.8 Å². The third kappa shape index (κ3) is 5.21. The highest BCUT2D eigenvalue weighted by atomic mass is 79.9. The van der Waals surface area contributed by atoms with Crippen molar-refractivity contribution in [1.29, 1.82) is 0 Å². The van der Waals surface area contributed by atoms with Gasteiger partial charge in [0, 0.05) is 11.9 Å². The molecule has 0 aliphatic heterocycles. The van der Waals surface area contributed by atoms with Gasteiger partial charge >= 0.3 is 0 Å². The highest BCUT2D eigenvalue weighted by Gasteiger charge is 2.17. The lowest BCUT2D eigenvalue weighted by molar-refractivity contribution is -0.122. The van der Waals surface area contributed by atoms with Gasteiger partial charge in [-0.3, -0.25) is 4.79 Å². The number of carbonyl (C=O) groups is 1. The van der Waals surface area contributed by atoms with Crippen LogP contribution in [-0.2, 0) is 4.79 Å². The van der Waals surface area contributed by atoms with Crippen molar-refractivity contribution in [2.24, 2.45) is 0 Å². The number of carbonyl (C=O) groups excluding carboxylic acids is 1. The van der Waals surface area contributed by atoms with Crippen LogP contribution in [0.5, 0.6) is 0 Å². The van der Waals surface area contributed by atoms with Crippen LogP contribution in [0, 0.1) is 0 Å². The molecule has 1 atom stereocenters. The maximum atomic E-state index is 12.1. The minimum absolute atomic E-state index is 0.0117. The molecule has 0 saturated heterocycles. The van der Waals surface area contributed by atoms with Gasteiger partial charge in [0.15, 0.2) is 0 Å². The zero-order valence-electron chi connectivity index (χ0n) is 11.0. The minimum atomic E-state index is -0.0117. The molecule has 1 unspecified atom stereocenters. The zero-order chi connectivity index (χ0) is 13.2. The molecule has 2 nitrogen and oxygen atoms in total. The predicted octanol–water partition coefficient (Wildman–Crippen LogP) is 3.86. The second-order valence-corrected chi connectivity index (χ2v) is 5.21. The van der Waals surface area contributed by atoms with E-state index in [2.05, 4.69) is 28.2 Å². The Bertz CT molecular complexity index is 340. The molecule has 0 fully saturated rings. The average Bonchev–Trinajstić information content (AvgIpc) is 2.40. The molecule has 1 N–H and O–H groups in total. The number of unbranched alkanes of at least 4 members (excludes halogenated alkanes) is 2. The quantitative estimate of drug-likeness (QED) is 0.573. The lowest BCUT2D eigenvalue weighted by atomic mass is 9.95. The van der Waals surface area contributed by atoms with Gasteiger partial charge in [-0.05, 0) is 24.8 Å². The number of nitrogens with one attached hydrogen (secondary N) is 1. The number of hydrogen-bond acceptors (Lipinski definition) is 1. The molecule has 18 heavy (non-hydrogen) atoms. The number of rotatable bonds is 8. The number of halogens is 1. The Kier molecular flexibility index (Phi) is 7.74. The fourth-order valence-corrected chi connectivity index (χ4v) is 2.39. The first kappa shape index (κ1) is 15.2. The summed E-state index contributed by atoms with van der Waals surface area (Å²) in [7, 11) is 0. The molecule has 3 heteroatoms. The summed E-state index contributed by atoms with van der Waals surface area (Å²) in [5.74, 6) is 0.143. The molecule has 0 spiro atoms. The summed E-state index contributed by atoms with van der Waals surface area (Å²) in [6.45, 7) is 2.84. The van der Waals surface area contributed by atoms with Crippen LogP contribution in [0.2, 0.25) is 0 Å². The maximum Gasteiger partial charge on any atom is 0.227 e. The van der Waals surface area contributed by atoms with Crippen molar-refractivity contribution in [2.75, 3.05) is 11.9 Å². The van der Waals surface area contributed by atoms with E-state index >= 15 is 0 Å². The van der Waals surface area contributed by atoms with Gasteiger partial charge in [0.25, 0.3) is 0 Å². The fourth-order valence-electron chi connectivity index (χ4n) is 1.99. The normalized spacial score (nSPS) is 12.1. The summed E-state index contributed by atoms with van der Waals surface area (Å²) in [4.78, 5) is 12.1. The molecular formula is C15H22BrNO. The molecule has 1 aromatic carbocycles. The maximum absolute atomic E-state index is 12.1. The monoisotopic (exact) mass is 311 g/mol. The summed E-state index contributed by atoms with van der Waals surface area (Å²) in [6.07, 6.45) is 4.24. The van der Waals surface area contributed by atoms with Gasteiger partial charge in [-0.1, -0.05) is 59.6 Å². The highest BCUT2D eigenvalue weighted by molar-refractivity contribution is 9.09. The Balaban J connectivity index is 2.39. The molecular weight excluding hydrogens is 290 g/mol. The molecule has 1 amide bonds. The molecule has 1 aromatic rings. The lowest BCUT2D eigenvalue weighted by Crippen LogP contribution is -2.29. The SMILES string of the molecule is CCC(C(=O)NCCCCCBr)c1ccccc1. The summed E-state index contributed by atoms with van der Waals surface area (Å²) in [5.41, 5.74) is 1.11. The minimum Gasteiger partial charge on any atom is -0.356 e. The first-order chi connectivity index (χ1) is 8.79. The van der Waals surface area contributed by atoms with Crippen LogP contribution in [0.15, 0.2) is 30.3 Å². The molecule has 0 bridgehead atoms. The standard InChI is InChI=1S/C15H22BrNO/c1-2-14(13-9-5-3-6-10-13)15(18)17-12-8-4-7-11-16/h3,5-6,9-10,14H,2,4,7-8,11-12H2,1H3,(H,17,18). The van der Waals surface area contributed by atoms with Gasteiger partial charge < -0.3 is 5.32 Å². The molecule has 0 radical (unpaired) electrons. The fraction of sp³-hybridized carbons (Fsp3) is 0.533. The van der Waals surface area contributed by atoms with Gasteiger partial charge in [0.2, 0.25) is 5.91 Å². The van der Waals surface area contributed by atoms with Crippen molar-refractivity contribution in [3.8, 4) is 0 Å². The Morgan fingerprint density at radius 2 is 1.94 bits per heavy atom. The van der Waals surface area contributed by atoms with E-state index in [4.69, 9.17) is 0 Å². The largest absolute Gasteiger partial charge is 0.356 e. The molecule has 0 aliphatic rings. The molecule has 0 saturated carbocycles. The summed E-state index contributed by atoms with van der Waals surface area (Å²) < 4.78 is 0. The van der Waals surface area contributed by atoms with Crippen molar-refractivity contribution in [3.63, 3.8) is 0 Å². The van der Waals surface area contributed by atoms with E-state index in [-0.39, 0.29) is 11.8 Å². The summed E-state index contributed by atoms with van der Waals surface area (Å²) >= 11 is 3.41. The zero-order valence-corrected chi connectivity index (χ0v) is 12.6. The topological polar surface area (TPSA) is 29.1 Å². The van der Waals surface area contributed by atoms with E-state index in [0.29, 0.717) is 0 Å². The number of alkyl halides is 1. The first-order valence-corrected chi connectivity index (χ1v) is 7.80.